The van der Waals surface area contributed by atoms with Crippen molar-refractivity contribution in [3.63, 3.8) is 0 Å². The van der Waals surface area contributed by atoms with Crippen LogP contribution >= 0.6 is 0 Å². The van der Waals surface area contributed by atoms with E-state index < -0.39 is 0 Å². The Bertz CT molecular complexity index is 368. The highest BCUT2D eigenvalue weighted by molar-refractivity contribution is 5.58. The third kappa shape index (κ3) is 5.44. The molecule has 0 unspecified atom stereocenters. The molecule has 19 heavy (non-hydrogen) atoms. The molecule has 0 bridgehead atoms. The molecule has 0 spiro atoms. The van der Waals surface area contributed by atoms with Crippen LogP contribution in [0.25, 0.3) is 0 Å². The van der Waals surface area contributed by atoms with Gasteiger partial charge in [0.05, 0.1) is 19.8 Å². The van der Waals surface area contributed by atoms with Crippen LogP contribution < -0.4 is 11.1 Å². The molecule has 0 heterocycles. The fourth-order valence-corrected chi connectivity index (χ4v) is 1.90. The van der Waals surface area contributed by atoms with E-state index in [4.69, 9.17) is 21.1 Å². The van der Waals surface area contributed by atoms with Crippen molar-refractivity contribution < 1.29 is 15.3 Å². The SMILES string of the molecule is Nc1ccc(NCCO)c(CN(CCO)CCO)c1. The first-order valence-corrected chi connectivity index (χ1v) is 6.38. The lowest BCUT2D eigenvalue weighted by Gasteiger charge is -2.22. The van der Waals surface area contributed by atoms with Crippen molar-refractivity contribution in [1.29, 1.82) is 0 Å². The maximum absolute atomic E-state index is 9.01. The summed E-state index contributed by atoms with van der Waals surface area (Å²) in [4.78, 5) is 1.94. The lowest BCUT2D eigenvalue weighted by Crippen LogP contribution is -2.29. The molecule has 0 saturated heterocycles. The van der Waals surface area contributed by atoms with Gasteiger partial charge in [-0.05, 0) is 23.8 Å². The number of hydrogen-bond acceptors (Lipinski definition) is 6. The van der Waals surface area contributed by atoms with Crippen LogP contribution in [0.3, 0.4) is 0 Å². The Morgan fingerprint density at radius 3 is 2.32 bits per heavy atom. The topological polar surface area (TPSA) is 102 Å². The lowest BCUT2D eigenvalue weighted by molar-refractivity contribution is 0.156. The second-order valence-corrected chi connectivity index (χ2v) is 4.29. The zero-order valence-electron chi connectivity index (χ0n) is 11.0. The van der Waals surface area contributed by atoms with Gasteiger partial charge in [-0.2, -0.15) is 0 Å². The minimum Gasteiger partial charge on any atom is -0.399 e. The van der Waals surface area contributed by atoms with Gasteiger partial charge in [-0.15, -0.1) is 0 Å². The third-order valence-electron chi connectivity index (χ3n) is 2.78. The standard InChI is InChI=1S/C13H23N3O3/c14-12-1-2-13(15-3-6-17)11(9-12)10-16(4-7-18)5-8-19/h1-2,9,15,17-19H,3-8,10,14H2. The Morgan fingerprint density at radius 2 is 1.74 bits per heavy atom. The van der Waals surface area contributed by atoms with Gasteiger partial charge in [0, 0.05) is 37.6 Å². The van der Waals surface area contributed by atoms with Gasteiger partial charge >= 0.3 is 0 Å². The van der Waals surface area contributed by atoms with Crippen molar-refractivity contribution in [3.8, 4) is 0 Å². The number of nitrogens with two attached hydrogens (primary N) is 1. The molecular formula is C13H23N3O3. The third-order valence-corrected chi connectivity index (χ3v) is 2.78. The van der Waals surface area contributed by atoms with Crippen LogP contribution in [-0.2, 0) is 6.54 Å². The molecule has 6 nitrogen and oxygen atoms in total. The second-order valence-electron chi connectivity index (χ2n) is 4.29. The van der Waals surface area contributed by atoms with Crippen LogP contribution in [-0.4, -0.2) is 59.7 Å². The molecule has 0 fully saturated rings. The number of anilines is 2. The zero-order valence-corrected chi connectivity index (χ0v) is 11.0. The molecule has 6 N–H and O–H groups in total. The Hall–Kier alpha value is -1.34. The Balaban J connectivity index is 2.79. The molecule has 0 radical (unpaired) electrons. The van der Waals surface area contributed by atoms with Gasteiger partial charge in [-0.1, -0.05) is 0 Å². The highest BCUT2D eigenvalue weighted by atomic mass is 16.3. The first-order chi connectivity index (χ1) is 9.21. The molecule has 0 saturated carbocycles. The summed E-state index contributed by atoms with van der Waals surface area (Å²) in [5, 5.41) is 30.0. The van der Waals surface area contributed by atoms with Crippen molar-refractivity contribution in [2.75, 3.05) is 50.5 Å². The van der Waals surface area contributed by atoms with E-state index in [9.17, 15) is 0 Å². The Morgan fingerprint density at radius 1 is 1.05 bits per heavy atom. The van der Waals surface area contributed by atoms with Crippen molar-refractivity contribution in [1.82, 2.24) is 4.90 Å². The Labute approximate surface area is 113 Å². The quantitative estimate of drug-likeness (QED) is 0.386. The summed E-state index contributed by atoms with van der Waals surface area (Å²) in [5.41, 5.74) is 8.34. The number of nitrogen functional groups attached to an aromatic ring is 1. The van der Waals surface area contributed by atoms with E-state index in [1.807, 2.05) is 17.0 Å². The molecule has 1 rings (SSSR count). The first kappa shape index (κ1) is 15.7. The number of benzene rings is 1. The van der Waals surface area contributed by atoms with E-state index in [1.54, 1.807) is 6.07 Å². The number of nitrogens with zero attached hydrogens (tertiary/aromatic N) is 1. The second kappa shape index (κ2) is 8.71. The average molecular weight is 269 g/mol. The number of aliphatic hydroxyl groups is 3. The van der Waals surface area contributed by atoms with Crippen LogP contribution in [0.2, 0.25) is 0 Å². The van der Waals surface area contributed by atoms with E-state index in [-0.39, 0.29) is 19.8 Å². The number of nitrogens with one attached hydrogen (secondary N) is 1. The maximum Gasteiger partial charge on any atom is 0.0604 e. The van der Waals surface area contributed by atoms with E-state index in [0.29, 0.717) is 31.9 Å². The number of rotatable bonds is 9. The van der Waals surface area contributed by atoms with Gasteiger partial charge < -0.3 is 26.4 Å². The first-order valence-electron chi connectivity index (χ1n) is 6.38. The molecule has 0 atom stereocenters. The van der Waals surface area contributed by atoms with E-state index >= 15 is 0 Å². The fraction of sp³-hybridized carbons (Fsp3) is 0.538. The highest BCUT2D eigenvalue weighted by Gasteiger charge is 2.09. The van der Waals surface area contributed by atoms with E-state index in [2.05, 4.69) is 5.32 Å². The normalized spacial score (nSPS) is 10.9. The van der Waals surface area contributed by atoms with Gasteiger partial charge in [-0.3, -0.25) is 4.90 Å². The molecule has 0 aliphatic rings. The van der Waals surface area contributed by atoms with Crippen LogP contribution in [0, 0.1) is 0 Å². The van der Waals surface area contributed by atoms with E-state index in [0.717, 1.165) is 11.3 Å². The molecule has 0 aromatic heterocycles. The van der Waals surface area contributed by atoms with Crippen molar-refractivity contribution in [2.24, 2.45) is 0 Å². The predicted molar refractivity (Wildman–Crippen MR) is 75.9 cm³/mol. The van der Waals surface area contributed by atoms with Crippen LogP contribution in [0.5, 0.6) is 0 Å². The van der Waals surface area contributed by atoms with Crippen LogP contribution in [0.15, 0.2) is 18.2 Å². The summed E-state index contributed by atoms with van der Waals surface area (Å²) >= 11 is 0. The van der Waals surface area contributed by atoms with Crippen LogP contribution in [0.1, 0.15) is 5.56 Å². The molecule has 1 aromatic rings. The molecule has 6 heteroatoms. The summed E-state index contributed by atoms with van der Waals surface area (Å²) in [7, 11) is 0. The van der Waals surface area contributed by atoms with Crippen molar-refractivity contribution >= 4 is 11.4 Å². The molecule has 0 amide bonds. The molecule has 108 valence electrons. The average Bonchev–Trinajstić information content (AvgIpc) is 2.38. The maximum atomic E-state index is 9.01. The van der Waals surface area contributed by atoms with Gasteiger partial charge in [0.1, 0.15) is 0 Å². The molecule has 1 aromatic carbocycles. The summed E-state index contributed by atoms with van der Waals surface area (Å²) in [6, 6.07) is 5.53. The predicted octanol–water partition coefficient (Wildman–Crippen LogP) is -0.540. The number of aliphatic hydroxyl groups excluding tert-OH is 3. The lowest BCUT2D eigenvalue weighted by atomic mass is 10.1. The summed E-state index contributed by atoms with van der Waals surface area (Å²) in [5.74, 6) is 0. The van der Waals surface area contributed by atoms with Gasteiger partial charge in [0.2, 0.25) is 0 Å². The van der Waals surface area contributed by atoms with Gasteiger partial charge in [-0.25, -0.2) is 0 Å². The smallest absolute Gasteiger partial charge is 0.0604 e. The summed E-state index contributed by atoms with van der Waals surface area (Å²) in [6.45, 7) is 2.19. The number of hydrogen-bond donors (Lipinski definition) is 5. The van der Waals surface area contributed by atoms with Crippen molar-refractivity contribution in [2.45, 2.75) is 6.54 Å². The van der Waals surface area contributed by atoms with Gasteiger partial charge in [0.15, 0.2) is 0 Å². The minimum atomic E-state index is 0.0434. The zero-order chi connectivity index (χ0) is 14.1. The van der Waals surface area contributed by atoms with Crippen LogP contribution in [0.4, 0.5) is 11.4 Å². The Kier molecular flexibility index (Phi) is 7.20. The molecule has 0 aliphatic carbocycles. The van der Waals surface area contributed by atoms with E-state index in [1.165, 1.54) is 0 Å². The monoisotopic (exact) mass is 269 g/mol. The fourth-order valence-electron chi connectivity index (χ4n) is 1.90. The minimum absolute atomic E-state index is 0.0434. The van der Waals surface area contributed by atoms with Gasteiger partial charge in [0.25, 0.3) is 0 Å². The molecular weight excluding hydrogens is 246 g/mol. The molecule has 0 aliphatic heterocycles. The highest BCUT2D eigenvalue weighted by Crippen LogP contribution is 2.20. The summed E-state index contributed by atoms with van der Waals surface area (Å²) in [6.07, 6.45) is 0. The van der Waals surface area contributed by atoms with Crippen molar-refractivity contribution in [3.05, 3.63) is 23.8 Å². The largest absolute Gasteiger partial charge is 0.399 e. The summed E-state index contributed by atoms with van der Waals surface area (Å²) < 4.78 is 0.